The summed E-state index contributed by atoms with van der Waals surface area (Å²) in [4.78, 5) is 16.7. The summed E-state index contributed by atoms with van der Waals surface area (Å²) in [5, 5.41) is 1.51. The molecule has 0 saturated carbocycles. The standard InChI is InChI=1S/C18H14ClNO2/c1-22-18(21)17(12-5-3-2-4-6-12)15-9-10-20-16-11-13(19)7-8-14(15)16/h2-11,17H,1H3. The van der Waals surface area contributed by atoms with Crippen LogP contribution < -0.4 is 0 Å². The van der Waals surface area contributed by atoms with E-state index in [1.807, 2.05) is 42.5 Å². The number of benzene rings is 2. The van der Waals surface area contributed by atoms with E-state index in [4.69, 9.17) is 16.3 Å². The van der Waals surface area contributed by atoms with Gasteiger partial charge in [-0.15, -0.1) is 0 Å². The number of aromatic nitrogens is 1. The number of ether oxygens (including phenoxy) is 1. The molecule has 0 bridgehead atoms. The molecule has 4 heteroatoms. The second-order valence-corrected chi connectivity index (χ2v) is 5.36. The van der Waals surface area contributed by atoms with Gasteiger partial charge in [-0.2, -0.15) is 0 Å². The number of pyridine rings is 1. The van der Waals surface area contributed by atoms with E-state index >= 15 is 0 Å². The molecule has 0 aliphatic heterocycles. The number of carbonyl (C=O) groups is 1. The van der Waals surface area contributed by atoms with Crippen LogP contribution in [0.2, 0.25) is 5.02 Å². The maximum atomic E-state index is 12.4. The van der Waals surface area contributed by atoms with Gasteiger partial charge < -0.3 is 4.74 Å². The van der Waals surface area contributed by atoms with Gasteiger partial charge in [0.15, 0.2) is 0 Å². The van der Waals surface area contributed by atoms with E-state index in [2.05, 4.69) is 4.98 Å². The fourth-order valence-electron chi connectivity index (χ4n) is 2.60. The molecule has 2 aromatic carbocycles. The Labute approximate surface area is 133 Å². The van der Waals surface area contributed by atoms with Gasteiger partial charge in [-0.25, -0.2) is 0 Å². The fourth-order valence-corrected chi connectivity index (χ4v) is 2.77. The molecular formula is C18H14ClNO2. The lowest BCUT2D eigenvalue weighted by molar-refractivity contribution is -0.141. The first kappa shape index (κ1) is 14.5. The second kappa shape index (κ2) is 6.16. The van der Waals surface area contributed by atoms with Crippen LogP contribution in [-0.4, -0.2) is 18.1 Å². The molecule has 22 heavy (non-hydrogen) atoms. The zero-order valence-corrected chi connectivity index (χ0v) is 12.7. The average Bonchev–Trinajstić information content (AvgIpc) is 2.55. The summed E-state index contributed by atoms with van der Waals surface area (Å²) in [6.45, 7) is 0. The minimum Gasteiger partial charge on any atom is -0.468 e. The van der Waals surface area contributed by atoms with Crippen molar-refractivity contribution in [1.29, 1.82) is 0 Å². The lowest BCUT2D eigenvalue weighted by Gasteiger charge is -2.17. The topological polar surface area (TPSA) is 39.2 Å². The van der Waals surface area contributed by atoms with Crippen LogP contribution in [0.3, 0.4) is 0 Å². The summed E-state index contributed by atoms with van der Waals surface area (Å²) in [5.41, 5.74) is 2.51. The van der Waals surface area contributed by atoms with Crippen LogP contribution in [0.5, 0.6) is 0 Å². The van der Waals surface area contributed by atoms with Crippen LogP contribution in [0.1, 0.15) is 17.0 Å². The smallest absolute Gasteiger partial charge is 0.317 e. The Morgan fingerprint density at radius 2 is 1.91 bits per heavy atom. The van der Waals surface area contributed by atoms with Crippen molar-refractivity contribution in [2.75, 3.05) is 7.11 Å². The van der Waals surface area contributed by atoms with Crippen molar-refractivity contribution in [1.82, 2.24) is 4.98 Å². The maximum Gasteiger partial charge on any atom is 0.317 e. The molecule has 0 fully saturated rings. The van der Waals surface area contributed by atoms with Gasteiger partial charge in [0.1, 0.15) is 5.92 Å². The summed E-state index contributed by atoms with van der Waals surface area (Å²) in [6.07, 6.45) is 1.69. The molecule has 1 atom stereocenters. The number of rotatable bonds is 3. The molecular weight excluding hydrogens is 298 g/mol. The summed E-state index contributed by atoms with van der Waals surface area (Å²) in [6, 6.07) is 16.9. The second-order valence-electron chi connectivity index (χ2n) is 4.93. The number of hydrogen-bond donors (Lipinski definition) is 0. The fraction of sp³-hybridized carbons (Fsp3) is 0.111. The number of hydrogen-bond acceptors (Lipinski definition) is 3. The molecule has 0 N–H and O–H groups in total. The first-order chi connectivity index (χ1) is 10.7. The third kappa shape index (κ3) is 2.68. The highest BCUT2D eigenvalue weighted by molar-refractivity contribution is 6.31. The highest BCUT2D eigenvalue weighted by Gasteiger charge is 2.25. The molecule has 1 heterocycles. The molecule has 0 aliphatic rings. The Hall–Kier alpha value is -2.39. The Bertz CT molecular complexity index is 818. The number of halogens is 1. The minimum absolute atomic E-state index is 0.298. The van der Waals surface area contributed by atoms with Gasteiger partial charge in [0, 0.05) is 16.6 Å². The van der Waals surface area contributed by atoms with E-state index in [1.54, 1.807) is 18.3 Å². The molecule has 1 unspecified atom stereocenters. The van der Waals surface area contributed by atoms with Crippen molar-refractivity contribution >= 4 is 28.5 Å². The molecule has 0 saturated heterocycles. The Balaban J connectivity index is 2.23. The van der Waals surface area contributed by atoms with Gasteiger partial charge in [0.2, 0.25) is 0 Å². The molecule has 0 spiro atoms. The quantitative estimate of drug-likeness (QED) is 0.681. The van der Waals surface area contributed by atoms with Gasteiger partial charge in [-0.1, -0.05) is 48.0 Å². The van der Waals surface area contributed by atoms with Crippen molar-refractivity contribution in [2.24, 2.45) is 0 Å². The molecule has 1 aromatic heterocycles. The zero-order chi connectivity index (χ0) is 15.5. The third-order valence-corrected chi connectivity index (χ3v) is 3.85. The van der Waals surface area contributed by atoms with Crippen LogP contribution in [0.25, 0.3) is 10.9 Å². The van der Waals surface area contributed by atoms with Gasteiger partial charge >= 0.3 is 5.97 Å². The third-order valence-electron chi connectivity index (χ3n) is 3.62. The molecule has 0 amide bonds. The highest BCUT2D eigenvalue weighted by atomic mass is 35.5. The van der Waals surface area contributed by atoms with Crippen LogP contribution in [0.4, 0.5) is 0 Å². The van der Waals surface area contributed by atoms with Crippen molar-refractivity contribution in [3.8, 4) is 0 Å². The van der Waals surface area contributed by atoms with Gasteiger partial charge in [-0.3, -0.25) is 9.78 Å². The number of esters is 1. The summed E-state index contributed by atoms with van der Waals surface area (Å²) in [7, 11) is 1.40. The Kier molecular flexibility index (Phi) is 4.07. The molecule has 0 radical (unpaired) electrons. The first-order valence-corrected chi connectivity index (χ1v) is 7.25. The number of carbonyl (C=O) groups excluding carboxylic acids is 1. The van der Waals surface area contributed by atoms with Crippen LogP contribution >= 0.6 is 11.6 Å². The Morgan fingerprint density at radius 1 is 1.14 bits per heavy atom. The number of nitrogens with zero attached hydrogens (tertiary/aromatic N) is 1. The molecule has 0 aliphatic carbocycles. The molecule has 3 nitrogen and oxygen atoms in total. The minimum atomic E-state index is -0.488. The Morgan fingerprint density at radius 3 is 2.64 bits per heavy atom. The van der Waals surface area contributed by atoms with E-state index in [-0.39, 0.29) is 5.97 Å². The number of fused-ring (bicyclic) bond motifs is 1. The SMILES string of the molecule is COC(=O)C(c1ccccc1)c1ccnc2cc(Cl)ccc12. The molecule has 110 valence electrons. The van der Waals surface area contributed by atoms with Crippen molar-refractivity contribution in [2.45, 2.75) is 5.92 Å². The predicted molar refractivity (Wildman–Crippen MR) is 87.1 cm³/mol. The highest BCUT2D eigenvalue weighted by Crippen LogP contribution is 2.31. The summed E-state index contributed by atoms with van der Waals surface area (Å²) >= 11 is 6.03. The van der Waals surface area contributed by atoms with Gasteiger partial charge in [0.25, 0.3) is 0 Å². The molecule has 3 aromatic rings. The zero-order valence-electron chi connectivity index (χ0n) is 12.0. The lowest BCUT2D eigenvalue weighted by atomic mass is 9.89. The monoisotopic (exact) mass is 311 g/mol. The van der Waals surface area contributed by atoms with E-state index < -0.39 is 5.92 Å². The van der Waals surface area contributed by atoms with E-state index in [9.17, 15) is 4.79 Å². The predicted octanol–water partition coefficient (Wildman–Crippen LogP) is 4.19. The van der Waals surface area contributed by atoms with Gasteiger partial charge in [-0.05, 0) is 29.3 Å². The van der Waals surface area contributed by atoms with Crippen molar-refractivity contribution in [3.05, 3.63) is 76.9 Å². The van der Waals surface area contributed by atoms with E-state index in [1.165, 1.54) is 7.11 Å². The van der Waals surface area contributed by atoms with Crippen LogP contribution in [0, 0.1) is 0 Å². The largest absolute Gasteiger partial charge is 0.468 e. The average molecular weight is 312 g/mol. The summed E-state index contributed by atoms with van der Waals surface area (Å²) < 4.78 is 5.01. The van der Waals surface area contributed by atoms with E-state index in [0.29, 0.717) is 5.02 Å². The number of methoxy groups -OCH3 is 1. The first-order valence-electron chi connectivity index (χ1n) is 6.87. The van der Waals surface area contributed by atoms with Crippen LogP contribution in [-0.2, 0) is 9.53 Å². The summed E-state index contributed by atoms with van der Waals surface area (Å²) in [5.74, 6) is -0.786. The van der Waals surface area contributed by atoms with E-state index in [0.717, 1.165) is 22.0 Å². The lowest BCUT2D eigenvalue weighted by Crippen LogP contribution is -2.16. The van der Waals surface area contributed by atoms with Crippen molar-refractivity contribution < 1.29 is 9.53 Å². The van der Waals surface area contributed by atoms with Crippen LogP contribution in [0.15, 0.2) is 60.8 Å². The van der Waals surface area contributed by atoms with Gasteiger partial charge in [0.05, 0.1) is 12.6 Å². The van der Waals surface area contributed by atoms with Crippen molar-refractivity contribution in [3.63, 3.8) is 0 Å². The maximum absolute atomic E-state index is 12.4. The molecule has 3 rings (SSSR count). The normalized spacial score (nSPS) is 12.1.